The fourth-order valence-corrected chi connectivity index (χ4v) is 4.61. The average Bonchev–Trinajstić information content (AvgIpc) is 2.74. The van der Waals surface area contributed by atoms with E-state index >= 15 is 0 Å². The third kappa shape index (κ3) is 5.15. The van der Waals surface area contributed by atoms with Crippen molar-refractivity contribution in [1.29, 1.82) is 0 Å². The van der Waals surface area contributed by atoms with E-state index in [0.29, 0.717) is 14.9 Å². The number of nitrogens with two attached hydrogens (primary N) is 1. The molecule has 3 aromatic rings. The van der Waals surface area contributed by atoms with E-state index in [2.05, 4.69) is 4.98 Å². The molecule has 0 atom stereocenters. The molecule has 1 heterocycles. The lowest BCUT2D eigenvalue weighted by molar-refractivity contribution is -0.116. The molecule has 0 unspecified atom stereocenters. The van der Waals surface area contributed by atoms with Crippen molar-refractivity contribution in [3.63, 3.8) is 0 Å². The molecular weight excluding hydrogens is 459 g/mol. The van der Waals surface area contributed by atoms with Crippen molar-refractivity contribution in [1.82, 2.24) is 9.55 Å². The summed E-state index contributed by atoms with van der Waals surface area (Å²) in [6, 6.07) is 14.3. The molecule has 0 aliphatic rings. The third-order valence-corrected chi connectivity index (χ3v) is 6.52. The van der Waals surface area contributed by atoms with Gasteiger partial charge in [0.25, 0.3) is 5.56 Å². The Hall–Kier alpha value is -2.68. The highest BCUT2D eigenvalue weighted by molar-refractivity contribution is 8.00. The molecule has 0 saturated heterocycles. The van der Waals surface area contributed by atoms with Gasteiger partial charge in [-0.05, 0) is 24.6 Å². The Kier molecular flexibility index (Phi) is 7.48. The molecule has 1 amide bonds. The summed E-state index contributed by atoms with van der Waals surface area (Å²) in [6.07, 6.45) is 0. The number of nitrogen functional groups attached to an aromatic ring is 1. The van der Waals surface area contributed by atoms with Crippen LogP contribution >= 0.6 is 35.0 Å². The van der Waals surface area contributed by atoms with Crippen molar-refractivity contribution in [2.45, 2.75) is 18.4 Å². The number of anilines is 2. The number of aromatic amines is 1. The van der Waals surface area contributed by atoms with Gasteiger partial charge in [-0.3, -0.25) is 19.1 Å². The van der Waals surface area contributed by atoms with Crippen LogP contribution in [0.3, 0.4) is 0 Å². The summed E-state index contributed by atoms with van der Waals surface area (Å²) in [5.74, 6) is -0.465. The van der Waals surface area contributed by atoms with Gasteiger partial charge in [-0.25, -0.2) is 4.79 Å². The molecule has 162 valence electrons. The molecule has 7 nitrogen and oxygen atoms in total. The Morgan fingerprint density at radius 2 is 1.74 bits per heavy atom. The molecule has 10 heteroatoms. The Labute approximate surface area is 192 Å². The van der Waals surface area contributed by atoms with Crippen LogP contribution in [0.25, 0.3) is 0 Å². The fraction of sp³-hybridized carbons (Fsp3) is 0.190. The van der Waals surface area contributed by atoms with Crippen molar-refractivity contribution >= 4 is 52.4 Å². The largest absolute Gasteiger partial charge is 0.383 e. The maximum absolute atomic E-state index is 13.0. The van der Waals surface area contributed by atoms with Gasteiger partial charge in [-0.2, -0.15) is 0 Å². The highest BCUT2D eigenvalue weighted by atomic mass is 35.5. The van der Waals surface area contributed by atoms with Crippen LogP contribution in [0, 0.1) is 0 Å². The number of H-pyrrole nitrogens is 1. The summed E-state index contributed by atoms with van der Waals surface area (Å²) < 4.78 is 1.24. The molecule has 2 aromatic carbocycles. The number of hydrogen-bond donors (Lipinski definition) is 2. The van der Waals surface area contributed by atoms with Crippen molar-refractivity contribution < 1.29 is 4.79 Å². The molecule has 0 bridgehead atoms. The molecule has 0 aliphatic carbocycles. The van der Waals surface area contributed by atoms with Gasteiger partial charge in [0.2, 0.25) is 5.91 Å². The van der Waals surface area contributed by atoms with E-state index in [1.807, 2.05) is 30.3 Å². The zero-order chi connectivity index (χ0) is 22.5. The van der Waals surface area contributed by atoms with Gasteiger partial charge < -0.3 is 10.6 Å². The van der Waals surface area contributed by atoms with E-state index in [0.717, 1.165) is 5.56 Å². The number of aromatic nitrogens is 2. The number of benzene rings is 2. The van der Waals surface area contributed by atoms with Gasteiger partial charge >= 0.3 is 5.69 Å². The lowest BCUT2D eigenvalue weighted by atomic mass is 10.2. The smallest absolute Gasteiger partial charge is 0.330 e. The first-order valence-corrected chi connectivity index (χ1v) is 11.1. The lowest BCUT2D eigenvalue weighted by Crippen LogP contribution is -2.41. The minimum absolute atomic E-state index is 0.0199. The summed E-state index contributed by atoms with van der Waals surface area (Å²) in [5, 5.41) is 0.865. The maximum Gasteiger partial charge on any atom is 0.330 e. The zero-order valence-electron chi connectivity index (χ0n) is 16.6. The van der Waals surface area contributed by atoms with Gasteiger partial charge in [-0.1, -0.05) is 59.6 Å². The molecule has 0 fully saturated rings. The van der Waals surface area contributed by atoms with Gasteiger partial charge in [-0.15, -0.1) is 11.8 Å². The summed E-state index contributed by atoms with van der Waals surface area (Å²) in [6.45, 7) is 2.06. The minimum atomic E-state index is -0.720. The van der Waals surface area contributed by atoms with E-state index < -0.39 is 11.2 Å². The van der Waals surface area contributed by atoms with Crippen LogP contribution in [-0.4, -0.2) is 27.8 Å². The average molecular weight is 479 g/mol. The zero-order valence-corrected chi connectivity index (χ0v) is 18.9. The normalized spacial score (nSPS) is 10.8. The topological polar surface area (TPSA) is 101 Å². The first-order chi connectivity index (χ1) is 14.8. The number of carbonyl (C=O) groups excluding carboxylic acids is 1. The minimum Gasteiger partial charge on any atom is -0.383 e. The van der Waals surface area contributed by atoms with Crippen LogP contribution in [-0.2, 0) is 11.3 Å². The Balaban J connectivity index is 1.92. The standard InChI is InChI=1S/C21H20Cl2N4O3S/c1-2-26(16(28)12-31-18-14(22)9-6-10-15(18)23)17-19(24)27(21(30)25-20(17)29)11-13-7-4-3-5-8-13/h3-10H,2,11-12,24H2,1H3,(H,25,29,30). The Morgan fingerprint density at radius 3 is 2.35 bits per heavy atom. The van der Waals surface area contributed by atoms with Crippen molar-refractivity contribution in [3.05, 3.63) is 85.0 Å². The van der Waals surface area contributed by atoms with Crippen LogP contribution in [0.5, 0.6) is 0 Å². The van der Waals surface area contributed by atoms with Crippen LogP contribution in [0.15, 0.2) is 63.0 Å². The molecule has 3 rings (SSSR count). The van der Waals surface area contributed by atoms with E-state index in [4.69, 9.17) is 28.9 Å². The van der Waals surface area contributed by atoms with E-state index in [9.17, 15) is 14.4 Å². The number of amides is 1. The number of nitrogens with zero attached hydrogens (tertiary/aromatic N) is 2. The van der Waals surface area contributed by atoms with E-state index in [-0.39, 0.29) is 36.3 Å². The van der Waals surface area contributed by atoms with E-state index in [1.165, 1.54) is 21.2 Å². The first kappa shape index (κ1) is 23.0. The number of rotatable bonds is 7. The second kappa shape index (κ2) is 10.1. The maximum atomic E-state index is 13.0. The first-order valence-electron chi connectivity index (χ1n) is 9.37. The van der Waals surface area contributed by atoms with Gasteiger partial charge in [0.1, 0.15) is 5.82 Å². The summed E-state index contributed by atoms with van der Waals surface area (Å²) in [5.41, 5.74) is 5.61. The highest BCUT2D eigenvalue weighted by Gasteiger charge is 2.23. The van der Waals surface area contributed by atoms with Crippen LogP contribution in [0.1, 0.15) is 12.5 Å². The van der Waals surface area contributed by atoms with Crippen molar-refractivity contribution in [3.8, 4) is 0 Å². The van der Waals surface area contributed by atoms with Crippen molar-refractivity contribution in [2.75, 3.05) is 22.9 Å². The second-order valence-electron chi connectivity index (χ2n) is 6.54. The predicted octanol–water partition coefficient (Wildman–Crippen LogP) is 3.62. The molecule has 1 aromatic heterocycles. The van der Waals surface area contributed by atoms with Gasteiger partial charge in [0.15, 0.2) is 5.69 Å². The number of nitrogens with one attached hydrogen (secondary N) is 1. The number of hydrogen-bond acceptors (Lipinski definition) is 5. The monoisotopic (exact) mass is 478 g/mol. The van der Waals surface area contributed by atoms with Crippen LogP contribution in [0.2, 0.25) is 10.0 Å². The molecule has 3 N–H and O–H groups in total. The molecular formula is C21H20Cl2N4O3S. The third-order valence-electron chi connectivity index (χ3n) is 4.54. The molecule has 0 radical (unpaired) electrons. The number of halogens is 2. The fourth-order valence-electron chi connectivity index (χ4n) is 3.05. The molecule has 0 spiro atoms. The van der Waals surface area contributed by atoms with Crippen LogP contribution in [0.4, 0.5) is 11.5 Å². The highest BCUT2D eigenvalue weighted by Crippen LogP contribution is 2.34. The summed E-state index contributed by atoms with van der Waals surface area (Å²) in [7, 11) is 0. The molecule has 31 heavy (non-hydrogen) atoms. The number of carbonyl (C=O) groups is 1. The number of thioether (sulfide) groups is 1. The van der Waals surface area contributed by atoms with Gasteiger partial charge in [0, 0.05) is 11.4 Å². The van der Waals surface area contributed by atoms with Crippen LogP contribution < -0.4 is 21.9 Å². The second-order valence-corrected chi connectivity index (χ2v) is 8.34. The lowest BCUT2D eigenvalue weighted by Gasteiger charge is -2.23. The summed E-state index contributed by atoms with van der Waals surface area (Å²) in [4.78, 5) is 42.0. The van der Waals surface area contributed by atoms with Crippen molar-refractivity contribution in [2.24, 2.45) is 0 Å². The molecule has 0 saturated carbocycles. The van der Waals surface area contributed by atoms with Gasteiger partial charge in [0.05, 0.1) is 22.3 Å². The quantitative estimate of drug-likeness (QED) is 0.504. The molecule has 0 aliphatic heterocycles. The predicted molar refractivity (Wildman–Crippen MR) is 126 cm³/mol. The Bertz CT molecular complexity index is 1190. The SMILES string of the molecule is CCN(C(=O)CSc1c(Cl)cccc1Cl)c1c(N)n(Cc2ccccc2)c(=O)[nH]c1=O. The summed E-state index contributed by atoms with van der Waals surface area (Å²) >= 11 is 13.5. The van der Waals surface area contributed by atoms with E-state index in [1.54, 1.807) is 25.1 Å². The Morgan fingerprint density at radius 1 is 1.10 bits per heavy atom.